The van der Waals surface area contributed by atoms with E-state index in [1.807, 2.05) is 32.0 Å². The van der Waals surface area contributed by atoms with Gasteiger partial charge in [-0.3, -0.25) is 14.5 Å². The van der Waals surface area contributed by atoms with E-state index in [-0.39, 0.29) is 17.0 Å². The summed E-state index contributed by atoms with van der Waals surface area (Å²) in [5.74, 6) is -3.96. The Bertz CT molecular complexity index is 1250. The van der Waals surface area contributed by atoms with E-state index in [0.29, 0.717) is 11.1 Å². The summed E-state index contributed by atoms with van der Waals surface area (Å²) in [7, 11) is 0. The molecule has 4 rings (SSSR count). The molecule has 0 aliphatic carbocycles. The van der Waals surface area contributed by atoms with Gasteiger partial charge in [-0.1, -0.05) is 61.0 Å². The number of amides is 1. The maximum absolute atomic E-state index is 14.7. The number of carbonyl (C=O) groups excluding carboxylic acids is 2. The highest BCUT2D eigenvalue weighted by molar-refractivity contribution is 6.51. The third-order valence-electron chi connectivity index (χ3n) is 5.61. The number of nitrogens with zero attached hydrogens (tertiary/aromatic N) is 1. The lowest BCUT2D eigenvalue weighted by Crippen LogP contribution is -2.30. The second-order valence-corrected chi connectivity index (χ2v) is 7.73. The molecule has 3 aromatic carbocycles. The van der Waals surface area contributed by atoms with Crippen molar-refractivity contribution in [1.82, 2.24) is 0 Å². The number of ketones is 1. The number of rotatable bonds is 4. The van der Waals surface area contributed by atoms with Gasteiger partial charge in [0.05, 0.1) is 17.3 Å². The molecule has 162 valence electrons. The summed E-state index contributed by atoms with van der Waals surface area (Å²) < 4.78 is 28.6. The summed E-state index contributed by atoms with van der Waals surface area (Å²) in [4.78, 5) is 27.0. The third-order valence-corrected chi connectivity index (χ3v) is 5.61. The van der Waals surface area contributed by atoms with Gasteiger partial charge in [0.15, 0.2) is 0 Å². The van der Waals surface area contributed by atoms with Crippen molar-refractivity contribution in [2.75, 3.05) is 4.90 Å². The summed E-state index contributed by atoms with van der Waals surface area (Å²) in [5.41, 5.74) is 2.21. The van der Waals surface area contributed by atoms with Gasteiger partial charge >= 0.3 is 0 Å². The minimum Gasteiger partial charge on any atom is -0.507 e. The zero-order valence-electron chi connectivity index (χ0n) is 17.6. The molecule has 0 saturated carbocycles. The van der Waals surface area contributed by atoms with Gasteiger partial charge in [0, 0.05) is 11.6 Å². The number of Topliss-reactive ketones (excluding diaryl/α,β-unsaturated/α-hetero) is 1. The zero-order valence-corrected chi connectivity index (χ0v) is 17.6. The van der Waals surface area contributed by atoms with Gasteiger partial charge < -0.3 is 5.11 Å². The molecule has 1 atom stereocenters. The van der Waals surface area contributed by atoms with Crippen molar-refractivity contribution >= 4 is 23.1 Å². The average Bonchev–Trinajstić information content (AvgIpc) is 3.05. The first-order valence-corrected chi connectivity index (χ1v) is 10.2. The van der Waals surface area contributed by atoms with Crippen molar-refractivity contribution in [3.05, 3.63) is 106 Å². The fraction of sp³-hybridized carbons (Fsp3) is 0.154. The van der Waals surface area contributed by atoms with Crippen molar-refractivity contribution in [3.8, 4) is 0 Å². The molecule has 1 N–H and O–H groups in total. The summed E-state index contributed by atoms with van der Waals surface area (Å²) in [5, 5.41) is 11.1. The highest BCUT2D eigenvalue weighted by Crippen LogP contribution is 2.43. The van der Waals surface area contributed by atoms with E-state index in [4.69, 9.17) is 0 Å². The SMILES string of the molecule is CCc1ccc(/C(O)=C2\C(=O)C(=O)N(c3cc(F)ccc3F)C2c2cccc(C)c2)cc1. The highest BCUT2D eigenvalue weighted by atomic mass is 19.1. The smallest absolute Gasteiger partial charge is 0.300 e. The van der Waals surface area contributed by atoms with Crippen LogP contribution in [0.1, 0.15) is 35.2 Å². The normalized spacial score (nSPS) is 17.8. The first kappa shape index (κ1) is 21.4. The van der Waals surface area contributed by atoms with Gasteiger partial charge in [-0.2, -0.15) is 0 Å². The van der Waals surface area contributed by atoms with Crippen molar-refractivity contribution in [1.29, 1.82) is 0 Å². The first-order valence-electron chi connectivity index (χ1n) is 10.2. The van der Waals surface area contributed by atoms with Crippen LogP contribution in [0.4, 0.5) is 14.5 Å². The van der Waals surface area contributed by atoms with E-state index < -0.39 is 29.4 Å². The number of benzene rings is 3. The number of anilines is 1. The number of halogens is 2. The number of aliphatic hydroxyl groups is 1. The molecular weight excluding hydrogens is 412 g/mol. The van der Waals surface area contributed by atoms with Gasteiger partial charge in [-0.05, 0) is 36.6 Å². The van der Waals surface area contributed by atoms with Crippen LogP contribution in [0.2, 0.25) is 0 Å². The molecule has 0 radical (unpaired) electrons. The molecule has 0 aromatic heterocycles. The predicted octanol–water partition coefficient (Wildman–Crippen LogP) is 5.46. The second kappa shape index (κ2) is 8.38. The minimum absolute atomic E-state index is 0.173. The van der Waals surface area contributed by atoms with Crippen LogP contribution in [-0.2, 0) is 16.0 Å². The predicted molar refractivity (Wildman–Crippen MR) is 118 cm³/mol. The molecule has 1 fully saturated rings. The van der Waals surface area contributed by atoms with Crippen LogP contribution < -0.4 is 4.90 Å². The number of hydrogen-bond donors (Lipinski definition) is 1. The second-order valence-electron chi connectivity index (χ2n) is 7.73. The Kier molecular flexibility index (Phi) is 5.61. The summed E-state index contributed by atoms with van der Waals surface area (Å²) >= 11 is 0. The van der Waals surface area contributed by atoms with E-state index in [2.05, 4.69) is 0 Å². The molecule has 0 spiro atoms. The van der Waals surface area contributed by atoms with Gasteiger partial charge in [0.25, 0.3) is 11.7 Å². The van der Waals surface area contributed by atoms with Crippen molar-refractivity contribution < 1.29 is 23.5 Å². The summed E-state index contributed by atoms with van der Waals surface area (Å²) in [6.07, 6.45) is 0.799. The Morgan fingerprint density at radius 2 is 1.72 bits per heavy atom. The zero-order chi connectivity index (χ0) is 23.0. The molecule has 1 aliphatic rings. The Balaban J connectivity index is 1.96. The molecule has 1 heterocycles. The van der Waals surface area contributed by atoms with E-state index >= 15 is 0 Å². The molecule has 1 aliphatic heterocycles. The number of carbonyl (C=O) groups is 2. The molecule has 3 aromatic rings. The van der Waals surface area contributed by atoms with Gasteiger partial charge in [0.2, 0.25) is 0 Å². The molecular formula is C26H21F2NO3. The molecule has 1 amide bonds. The maximum atomic E-state index is 14.7. The van der Waals surface area contributed by atoms with Gasteiger partial charge in [0.1, 0.15) is 17.4 Å². The monoisotopic (exact) mass is 433 g/mol. The number of aryl methyl sites for hydroxylation is 2. The molecule has 0 bridgehead atoms. The summed E-state index contributed by atoms with van der Waals surface area (Å²) in [6.45, 7) is 3.83. The van der Waals surface area contributed by atoms with Crippen LogP contribution in [-0.4, -0.2) is 16.8 Å². The van der Waals surface area contributed by atoms with Crippen molar-refractivity contribution in [2.45, 2.75) is 26.3 Å². The molecule has 4 nitrogen and oxygen atoms in total. The molecule has 32 heavy (non-hydrogen) atoms. The lowest BCUT2D eigenvalue weighted by molar-refractivity contribution is -0.132. The first-order chi connectivity index (χ1) is 15.3. The van der Waals surface area contributed by atoms with E-state index in [1.54, 1.807) is 30.3 Å². The van der Waals surface area contributed by atoms with E-state index in [0.717, 1.165) is 40.6 Å². The fourth-order valence-electron chi connectivity index (χ4n) is 3.96. The molecule has 1 unspecified atom stereocenters. The third kappa shape index (κ3) is 3.68. The Hall–Kier alpha value is -3.80. The Morgan fingerprint density at radius 1 is 1.00 bits per heavy atom. The fourth-order valence-corrected chi connectivity index (χ4v) is 3.96. The van der Waals surface area contributed by atoms with Crippen LogP contribution in [0.25, 0.3) is 5.76 Å². The topological polar surface area (TPSA) is 57.6 Å². The number of hydrogen-bond acceptors (Lipinski definition) is 3. The molecule has 6 heteroatoms. The van der Waals surface area contributed by atoms with Crippen LogP contribution in [0.15, 0.2) is 72.3 Å². The van der Waals surface area contributed by atoms with Crippen LogP contribution in [0, 0.1) is 18.6 Å². The Labute approximate surface area is 184 Å². The quantitative estimate of drug-likeness (QED) is 0.338. The largest absolute Gasteiger partial charge is 0.507 e. The maximum Gasteiger partial charge on any atom is 0.300 e. The van der Waals surface area contributed by atoms with Crippen molar-refractivity contribution in [2.24, 2.45) is 0 Å². The lowest BCUT2D eigenvalue weighted by atomic mass is 9.94. The number of aliphatic hydroxyl groups excluding tert-OH is 1. The minimum atomic E-state index is -1.11. The van der Waals surface area contributed by atoms with E-state index in [1.165, 1.54) is 0 Å². The van der Waals surface area contributed by atoms with Gasteiger partial charge in [-0.25, -0.2) is 8.78 Å². The van der Waals surface area contributed by atoms with Crippen molar-refractivity contribution in [3.63, 3.8) is 0 Å². The highest BCUT2D eigenvalue weighted by Gasteiger charge is 2.47. The Morgan fingerprint density at radius 3 is 2.38 bits per heavy atom. The lowest BCUT2D eigenvalue weighted by Gasteiger charge is -2.26. The standard InChI is InChI=1S/C26H21F2NO3/c1-3-16-7-9-17(10-8-16)24(30)22-23(18-6-4-5-15(2)13-18)29(26(32)25(22)31)21-14-19(27)11-12-20(21)28/h4-14,23,30H,3H2,1-2H3/b24-22+. The van der Waals surface area contributed by atoms with Crippen LogP contribution in [0.3, 0.4) is 0 Å². The van der Waals surface area contributed by atoms with Crippen LogP contribution in [0.5, 0.6) is 0 Å². The van der Waals surface area contributed by atoms with Crippen LogP contribution >= 0.6 is 0 Å². The van der Waals surface area contributed by atoms with Gasteiger partial charge in [-0.15, -0.1) is 0 Å². The molecule has 1 saturated heterocycles. The van der Waals surface area contributed by atoms with E-state index in [9.17, 15) is 23.5 Å². The summed E-state index contributed by atoms with van der Waals surface area (Å²) in [6, 6.07) is 15.6. The average molecular weight is 433 g/mol.